The number of anilines is 1. The maximum absolute atomic E-state index is 13.0. The van der Waals surface area contributed by atoms with Crippen LogP contribution in [-0.2, 0) is 4.79 Å². The first-order valence-electron chi connectivity index (χ1n) is 6.46. The van der Waals surface area contributed by atoms with Crippen molar-refractivity contribution in [1.29, 1.82) is 0 Å². The largest absolute Gasteiger partial charge is 0.317 e. The maximum Gasteiger partial charge on any atom is 0.293 e. The van der Waals surface area contributed by atoms with Crippen LogP contribution in [0.2, 0.25) is 0 Å². The van der Waals surface area contributed by atoms with Crippen LogP contribution in [0, 0.1) is 22.9 Å². The van der Waals surface area contributed by atoms with Gasteiger partial charge in [0.15, 0.2) is 0 Å². The first-order valence-corrected chi connectivity index (χ1v) is 6.46. The fraction of sp³-hybridized carbons (Fsp3) is 0.0625. The highest BCUT2D eigenvalue weighted by Crippen LogP contribution is 2.27. The van der Waals surface area contributed by atoms with Crippen LogP contribution >= 0.6 is 0 Å². The number of rotatable bonds is 4. The van der Waals surface area contributed by atoms with E-state index in [1.54, 1.807) is 25.1 Å². The van der Waals surface area contributed by atoms with Crippen molar-refractivity contribution in [2.45, 2.75) is 6.92 Å². The quantitative estimate of drug-likeness (QED) is 0.531. The SMILES string of the molecule is Cc1cccc([N+](=O)[O-])c1NC(=O)/C=C/c1cccc(F)c1. The van der Waals surface area contributed by atoms with Crippen LogP contribution in [0.3, 0.4) is 0 Å². The summed E-state index contributed by atoms with van der Waals surface area (Å²) in [5.74, 6) is -0.932. The third-order valence-electron chi connectivity index (χ3n) is 2.97. The molecule has 0 radical (unpaired) electrons. The van der Waals surface area contributed by atoms with Crippen LogP contribution in [0.1, 0.15) is 11.1 Å². The predicted octanol–water partition coefficient (Wildman–Crippen LogP) is 3.69. The third kappa shape index (κ3) is 3.76. The van der Waals surface area contributed by atoms with Gasteiger partial charge < -0.3 is 5.32 Å². The van der Waals surface area contributed by atoms with Gasteiger partial charge >= 0.3 is 0 Å². The molecule has 0 aliphatic heterocycles. The molecule has 112 valence electrons. The van der Waals surface area contributed by atoms with Gasteiger partial charge in [0, 0.05) is 12.1 Å². The molecule has 0 fully saturated rings. The number of aryl methyl sites for hydroxylation is 1. The Morgan fingerprint density at radius 2 is 2.00 bits per heavy atom. The average molecular weight is 300 g/mol. The number of nitro groups is 1. The molecule has 0 aliphatic rings. The fourth-order valence-electron chi connectivity index (χ4n) is 1.91. The number of nitrogens with zero attached hydrogens (tertiary/aromatic N) is 1. The van der Waals surface area contributed by atoms with E-state index in [1.165, 1.54) is 36.4 Å². The molecule has 1 amide bonds. The highest BCUT2D eigenvalue weighted by atomic mass is 19.1. The standard InChI is InChI=1S/C16H13FN2O3/c1-11-4-2-7-14(19(21)22)16(11)18-15(20)9-8-12-5-3-6-13(17)10-12/h2-10H,1H3,(H,18,20)/b9-8+. The van der Waals surface area contributed by atoms with Crippen LogP contribution < -0.4 is 5.32 Å². The Labute approximate surface area is 126 Å². The molecule has 2 rings (SSSR count). The first-order chi connectivity index (χ1) is 10.5. The second kappa shape index (κ2) is 6.62. The molecule has 0 aromatic heterocycles. The van der Waals surface area contributed by atoms with Crippen LogP contribution in [-0.4, -0.2) is 10.8 Å². The van der Waals surface area contributed by atoms with Gasteiger partial charge in [-0.05, 0) is 36.3 Å². The Bertz CT molecular complexity index is 757. The topological polar surface area (TPSA) is 72.2 Å². The second-order valence-electron chi connectivity index (χ2n) is 4.60. The lowest BCUT2D eigenvalue weighted by atomic mass is 10.1. The number of halogens is 1. The van der Waals surface area contributed by atoms with Crippen molar-refractivity contribution < 1.29 is 14.1 Å². The van der Waals surface area contributed by atoms with Crippen molar-refractivity contribution in [1.82, 2.24) is 0 Å². The minimum Gasteiger partial charge on any atom is -0.317 e. The van der Waals surface area contributed by atoms with Gasteiger partial charge in [-0.25, -0.2) is 4.39 Å². The Morgan fingerprint density at radius 1 is 1.27 bits per heavy atom. The summed E-state index contributed by atoms with van der Waals surface area (Å²) >= 11 is 0. The van der Waals surface area contributed by atoms with Crippen molar-refractivity contribution in [3.05, 3.63) is 75.6 Å². The molecule has 22 heavy (non-hydrogen) atoms. The van der Waals surface area contributed by atoms with E-state index in [2.05, 4.69) is 5.32 Å². The highest BCUT2D eigenvalue weighted by molar-refractivity contribution is 6.03. The molecule has 0 saturated carbocycles. The number of carbonyl (C=O) groups excluding carboxylic acids is 1. The van der Waals surface area contributed by atoms with Gasteiger partial charge in [-0.15, -0.1) is 0 Å². The molecule has 0 spiro atoms. The van der Waals surface area contributed by atoms with E-state index >= 15 is 0 Å². The molecule has 6 heteroatoms. The average Bonchev–Trinajstić information content (AvgIpc) is 2.47. The zero-order valence-electron chi connectivity index (χ0n) is 11.7. The van der Waals surface area contributed by atoms with Gasteiger partial charge in [-0.2, -0.15) is 0 Å². The van der Waals surface area contributed by atoms with Gasteiger partial charge in [0.25, 0.3) is 5.69 Å². The van der Waals surface area contributed by atoms with Crippen LogP contribution in [0.4, 0.5) is 15.8 Å². The summed E-state index contributed by atoms with van der Waals surface area (Å²) in [5, 5.41) is 13.5. The van der Waals surface area contributed by atoms with Crippen LogP contribution in [0.5, 0.6) is 0 Å². The van der Waals surface area contributed by atoms with E-state index in [0.717, 1.165) is 0 Å². The number of carbonyl (C=O) groups is 1. The minimum absolute atomic E-state index is 0.154. The number of hydrogen-bond donors (Lipinski definition) is 1. The lowest BCUT2D eigenvalue weighted by molar-refractivity contribution is -0.384. The van der Waals surface area contributed by atoms with Crippen molar-refractivity contribution in [2.75, 3.05) is 5.32 Å². The Hall–Kier alpha value is -3.02. The number of nitro benzene ring substituents is 1. The number of nitrogens with one attached hydrogen (secondary N) is 1. The van der Waals surface area contributed by atoms with Crippen molar-refractivity contribution in [2.24, 2.45) is 0 Å². The Morgan fingerprint density at radius 3 is 2.68 bits per heavy atom. The molecule has 5 nitrogen and oxygen atoms in total. The van der Waals surface area contributed by atoms with E-state index < -0.39 is 16.6 Å². The molecule has 0 heterocycles. The number of hydrogen-bond acceptors (Lipinski definition) is 3. The summed E-state index contributed by atoms with van der Waals surface area (Å²) in [6.07, 6.45) is 2.63. The molecule has 0 saturated heterocycles. The predicted molar refractivity (Wildman–Crippen MR) is 81.9 cm³/mol. The normalized spacial score (nSPS) is 10.6. The maximum atomic E-state index is 13.0. The zero-order chi connectivity index (χ0) is 16.1. The molecule has 0 bridgehead atoms. The second-order valence-corrected chi connectivity index (χ2v) is 4.60. The molecule has 0 atom stereocenters. The van der Waals surface area contributed by atoms with Crippen molar-refractivity contribution >= 4 is 23.4 Å². The smallest absolute Gasteiger partial charge is 0.293 e. The van der Waals surface area contributed by atoms with E-state index in [9.17, 15) is 19.3 Å². The van der Waals surface area contributed by atoms with Gasteiger partial charge in [-0.3, -0.25) is 14.9 Å². The Kier molecular flexibility index (Phi) is 4.63. The lowest BCUT2D eigenvalue weighted by Gasteiger charge is -2.06. The molecule has 2 aromatic rings. The molecular formula is C16H13FN2O3. The fourth-order valence-corrected chi connectivity index (χ4v) is 1.91. The van der Waals surface area contributed by atoms with Gasteiger partial charge in [-0.1, -0.05) is 24.3 Å². The molecule has 1 N–H and O–H groups in total. The Balaban J connectivity index is 2.18. The van der Waals surface area contributed by atoms with Crippen LogP contribution in [0.25, 0.3) is 6.08 Å². The van der Waals surface area contributed by atoms with Crippen molar-refractivity contribution in [3.8, 4) is 0 Å². The zero-order valence-corrected chi connectivity index (χ0v) is 11.7. The van der Waals surface area contributed by atoms with Gasteiger partial charge in [0.1, 0.15) is 11.5 Å². The number of amides is 1. The summed E-state index contributed by atoms with van der Waals surface area (Å²) < 4.78 is 13.0. The minimum atomic E-state index is -0.557. The lowest BCUT2D eigenvalue weighted by Crippen LogP contribution is -2.10. The highest BCUT2D eigenvalue weighted by Gasteiger charge is 2.16. The third-order valence-corrected chi connectivity index (χ3v) is 2.97. The summed E-state index contributed by atoms with van der Waals surface area (Å²) in [4.78, 5) is 22.3. The molecular weight excluding hydrogens is 287 g/mol. The molecule has 0 aliphatic carbocycles. The summed E-state index contributed by atoms with van der Waals surface area (Å²) in [5.41, 5.74) is 1.09. The first kappa shape index (κ1) is 15.4. The van der Waals surface area contributed by atoms with Crippen molar-refractivity contribution in [3.63, 3.8) is 0 Å². The van der Waals surface area contributed by atoms with E-state index in [-0.39, 0.29) is 11.4 Å². The summed E-state index contributed by atoms with van der Waals surface area (Å²) in [6, 6.07) is 10.3. The van der Waals surface area contributed by atoms with Gasteiger partial charge in [0.2, 0.25) is 5.91 Å². The summed E-state index contributed by atoms with van der Waals surface area (Å²) in [6.45, 7) is 1.67. The molecule has 0 unspecified atom stereocenters. The monoisotopic (exact) mass is 300 g/mol. The van der Waals surface area contributed by atoms with E-state index in [0.29, 0.717) is 11.1 Å². The molecule has 2 aromatic carbocycles. The van der Waals surface area contributed by atoms with Gasteiger partial charge in [0.05, 0.1) is 4.92 Å². The number of para-hydroxylation sites is 1. The van der Waals surface area contributed by atoms with E-state index in [4.69, 9.17) is 0 Å². The number of benzene rings is 2. The van der Waals surface area contributed by atoms with Crippen LogP contribution in [0.15, 0.2) is 48.5 Å². The summed E-state index contributed by atoms with van der Waals surface area (Å²) in [7, 11) is 0. The van der Waals surface area contributed by atoms with E-state index in [1.807, 2.05) is 0 Å².